The Bertz CT molecular complexity index is 558. The van der Waals surface area contributed by atoms with Crippen LogP contribution in [0.4, 0.5) is 0 Å². The van der Waals surface area contributed by atoms with Crippen LogP contribution in [0.2, 0.25) is 0 Å². The van der Waals surface area contributed by atoms with Gasteiger partial charge in [-0.1, -0.05) is 18.2 Å². The average Bonchev–Trinajstić information content (AvgIpc) is 2.87. The number of nitrogens with zero attached hydrogens (tertiary/aromatic N) is 1. The van der Waals surface area contributed by atoms with Gasteiger partial charge in [0.1, 0.15) is 0 Å². The fraction of sp³-hybridized carbons (Fsp3) is 0.429. The van der Waals surface area contributed by atoms with Crippen molar-refractivity contribution in [3.63, 3.8) is 0 Å². The van der Waals surface area contributed by atoms with E-state index in [-0.39, 0.29) is 0 Å². The summed E-state index contributed by atoms with van der Waals surface area (Å²) >= 11 is 0. The predicted molar refractivity (Wildman–Crippen MR) is 62.0 cm³/mol. The molecule has 2 heterocycles. The zero-order chi connectivity index (χ0) is 10.0. The number of hydrogen-bond donors (Lipinski definition) is 0. The van der Waals surface area contributed by atoms with Gasteiger partial charge >= 0.3 is 0 Å². The monoisotopic (exact) mass is 197 g/mol. The molecule has 2 aliphatic rings. The minimum Gasteiger partial charge on any atom is -0.346 e. The van der Waals surface area contributed by atoms with Crippen molar-refractivity contribution in [2.45, 2.75) is 32.7 Å². The Kier molecular flexibility index (Phi) is 1.22. The molecular formula is C14H15N. The van der Waals surface area contributed by atoms with E-state index in [1.807, 2.05) is 0 Å². The molecule has 0 unspecified atom stereocenters. The third-order valence-corrected chi connectivity index (χ3v) is 4.21. The van der Waals surface area contributed by atoms with Crippen molar-refractivity contribution >= 4 is 10.9 Å². The molecule has 0 radical (unpaired) electrons. The van der Waals surface area contributed by atoms with E-state index in [0.717, 1.165) is 0 Å². The molecule has 1 spiro atoms. The Labute approximate surface area is 89.7 Å². The molecule has 2 aromatic rings. The van der Waals surface area contributed by atoms with Crippen LogP contribution < -0.4 is 0 Å². The smallest absolute Gasteiger partial charge is 0.0515 e. The van der Waals surface area contributed by atoms with Crippen molar-refractivity contribution in [2.24, 2.45) is 5.41 Å². The second-order valence-electron chi connectivity index (χ2n) is 5.43. The van der Waals surface area contributed by atoms with Crippen LogP contribution in [0.25, 0.3) is 10.9 Å². The van der Waals surface area contributed by atoms with Crippen molar-refractivity contribution in [1.82, 2.24) is 4.57 Å². The maximum Gasteiger partial charge on any atom is 0.0515 e. The van der Waals surface area contributed by atoms with Gasteiger partial charge in [0.05, 0.1) is 5.52 Å². The van der Waals surface area contributed by atoms with Crippen LogP contribution in [0.1, 0.15) is 24.0 Å². The molecule has 0 N–H and O–H groups in total. The molecule has 1 heteroatoms. The van der Waals surface area contributed by atoms with E-state index in [9.17, 15) is 0 Å². The van der Waals surface area contributed by atoms with Gasteiger partial charge in [-0.3, -0.25) is 0 Å². The van der Waals surface area contributed by atoms with Gasteiger partial charge in [0.2, 0.25) is 0 Å². The van der Waals surface area contributed by atoms with Crippen LogP contribution in [-0.2, 0) is 13.0 Å². The van der Waals surface area contributed by atoms with Crippen LogP contribution in [0.15, 0.2) is 24.4 Å². The van der Waals surface area contributed by atoms with E-state index in [1.54, 1.807) is 5.56 Å². The summed E-state index contributed by atoms with van der Waals surface area (Å²) in [6, 6.07) is 6.80. The van der Waals surface area contributed by atoms with E-state index in [1.165, 1.54) is 42.3 Å². The normalized spacial score (nSPS) is 21.1. The number of aryl methyl sites for hydroxylation is 1. The van der Waals surface area contributed by atoms with Gasteiger partial charge in [-0.25, -0.2) is 0 Å². The molecule has 4 rings (SSSR count). The third kappa shape index (κ3) is 0.935. The number of benzene rings is 1. The molecule has 1 aromatic carbocycles. The Morgan fingerprint density at radius 1 is 1.27 bits per heavy atom. The van der Waals surface area contributed by atoms with Gasteiger partial charge in [-0.2, -0.15) is 0 Å². The topological polar surface area (TPSA) is 4.93 Å². The molecule has 1 saturated carbocycles. The largest absolute Gasteiger partial charge is 0.346 e. The summed E-state index contributed by atoms with van der Waals surface area (Å²) in [5.41, 5.74) is 5.16. The first kappa shape index (κ1) is 7.98. The zero-order valence-electron chi connectivity index (χ0n) is 9.09. The van der Waals surface area contributed by atoms with E-state index in [2.05, 4.69) is 35.9 Å². The highest BCUT2D eigenvalue weighted by Gasteiger charge is 2.45. The van der Waals surface area contributed by atoms with Gasteiger partial charge in [0.15, 0.2) is 0 Å². The molecule has 0 atom stereocenters. The summed E-state index contributed by atoms with van der Waals surface area (Å²) in [7, 11) is 0. The number of aromatic nitrogens is 1. The van der Waals surface area contributed by atoms with E-state index in [0.29, 0.717) is 5.41 Å². The van der Waals surface area contributed by atoms with Crippen LogP contribution >= 0.6 is 0 Å². The van der Waals surface area contributed by atoms with E-state index in [4.69, 9.17) is 0 Å². The van der Waals surface area contributed by atoms with Crippen molar-refractivity contribution in [3.8, 4) is 0 Å². The molecule has 15 heavy (non-hydrogen) atoms. The Hall–Kier alpha value is -1.24. The molecule has 1 fully saturated rings. The summed E-state index contributed by atoms with van der Waals surface area (Å²) in [6.07, 6.45) is 6.52. The van der Waals surface area contributed by atoms with Gasteiger partial charge in [-0.15, -0.1) is 0 Å². The summed E-state index contributed by atoms with van der Waals surface area (Å²) < 4.78 is 2.50. The van der Waals surface area contributed by atoms with Crippen LogP contribution in [0, 0.1) is 12.3 Å². The third-order valence-electron chi connectivity index (χ3n) is 4.21. The van der Waals surface area contributed by atoms with Crippen LogP contribution in [0.3, 0.4) is 0 Å². The molecule has 1 nitrogen and oxygen atoms in total. The SMILES string of the molecule is Cc1cn2c3c(cccc13)CC1(CC1)C2. The first-order chi connectivity index (χ1) is 7.27. The number of hydrogen-bond acceptors (Lipinski definition) is 0. The Balaban J connectivity index is 2.09. The van der Waals surface area contributed by atoms with Crippen molar-refractivity contribution in [2.75, 3.05) is 0 Å². The maximum atomic E-state index is 2.50. The maximum absolute atomic E-state index is 2.50. The minimum absolute atomic E-state index is 0.646. The molecule has 0 saturated heterocycles. The lowest BCUT2D eigenvalue weighted by Crippen LogP contribution is -2.19. The Morgan fingerprint density at radius 2 is 2.13 bits per heavy atom. The molecule has 1 aliphatic carbocycles. The molecule has 1 aliphatic heterocycles. The quantitative estimate of drug-likeness (QED) is 0.610. The first-order valence-corrected chi connectivity index (χ1v) is 5.85. The van der Waals surface area contributed by atoms with Crippen LogP contribution in [-0.4, -0.2) is 4.57 Å². The van der Waals surface area contributed by atoms with Crippen molar-refractivity contribution in [1.29, 1.82) is 0 Å². The standard InChI is InChI=1S/C14H15N/c1-10-8-15-9-14(5-6-14)7-11-3-2-4-12(10)13(11)15/h2-4,8H,5-7,9H2,1H3. The highest BCUT2D eigenvalue weighted by Crippen LogP contribution is 2.53. The van der Waals surface area contributed by atoms with Crippen molar-refractivity contribution < 1.29 is 0 Å². The van der Waals surface area contributed by atoms with E-state index < -0.39 is 0 Å². The lowest BCUT2D eigenvalue weighted by molar-refractivity contribution is 0.411. The van der Waals surface area contributed by atoms with Gasteiger partial charge < -0.3 is 4.57 Å². The minimum atomic E-state index is 0.646. The summed E-state index contributed by atoms with van der Waals surface area (Å²) in [4.78, 5) is 0. The fourth-order valence-electron chi connectivity index (χ4n) is 3.22. The molecule has 0 bridgehead atoms. The van der Waals surface area contributed by atoms with Gasteiger partial charge in [0.25, 0.3) is 0 Å². The lowest BCUT2D eigenvalue weighted by Gasteiger charge is -2.24. The average molecular weight is 197 g/mol. The lowest BCUT2D eigenvalue weighted by atomic mass is 9.92. The first-order valence-electron chi connectivity index (χ1n) is 5.85. The van der Waals surface area contributed by atoms with E-state index >= 15 is 0 Å². The van der Waals surface area contributed by atoms with Gasteiger partial charge in [-0.05, 0) is 42.7 Å². The number of para-hydroxylation sites is 1. The summed E-state index contributed by atoms with van der Waals surface area (Å²) in [6.45, 7) is 3.49. The second kappa shape index (κ2) is 2.29. The summed E-state index contributed by atoms with van der Waals surface area (Å²) in [5, 5.41) is 1.46. The molecule has 76 valence electrons. The molecule has 0 amide bonds. The second-order valence-corrected chi connectivity index (χ2v) is 5.43. The predicted octanol–water partition coefficient (Wildman–Crippen LogP) is 3.29. The zero-order valence-corrected chi connectivity index (χ0v) is 9.09. The molecule has 1 aromatic heterocycles. The van der Waals surface area contributed by atoms with Crippen molar-refractivity contribution in [3.05, 3.63) is 35.5 Å². The number of rotatable bonds is 0. The Morgan fingerprint density at radius 3 is 2.93 bits per heavy atom. The highest BCUT2D eigenvalue weighted by atomic mass is 15.0. The highest BCUT2D eigenvalue weighted by molar-refractivity contribution is 5.87. The van der Waals surface area contributed by atoms with Crippen LogP contribution in [0.5, 0.6) is 0 Å². The fourth-order valence-corrected chi connectivity index (χ4v) is 3.22. The molecular weight excluding hydrogens is 182 g/mol. The summed E-state index contributed by atoms with van der Waals surface area (Å²) in [5.74, 6) is 0. The van der Waals surface area contributed by atoms with Gasteiger partial charge in [0, 0.05) is 18.1 Å².